The van der Waals surface area contributed by atoms with E-state index in [4.69, 9.17) is 11.6 Å². The van der Waals surface area contributed by atoms with Gasteiger partial charge in [-0.3, -0.25) is 0 Å². The van der Waals surface area contributed by atoms with Crippen molar-refractivity contribution in [2.24, 2.45) is 0 Å². The van der Waals surface area contributed by atoms with E-state index >= 15 is 0 Å². The minimum Gasteiger partial charge on any atom is -0.306 e. The number of halogens is 1. The fraction of sp³-hybridized carbons (Fsp3) is 0.429. The molecule has 0 atom stereocenters. The quantitative estimate of drug-likeness (QED) is 0.938. The van der Waals surface area contributed by atoms with E-state index in [1.807, 2.05) is 31.3 Å². The van der Waals surface area contributed by atoms with E-state index in [-0.39, 0.29) is 5.54 Å². The third kappa shape index (κ3) is 3.55. The van der Waals surface area contributed by atoms with Crippen LogP contribution in [0.5, 0.6) is 0 Å². The highest BCUT2D eigenvalue weighted by atomic mass is 35.5. The first-order chi connectivity index (χ1) is 8.87. The van der Waals surface area contributed by atoms with Gasteiger partial charge in [0, 0.05) is 17.1 Å². The van der Waals surface area contributed by atoms with E-state index in [0.717, 1.165) is 22.0 Å². The summed E-state index contributed by atoms with van der Waals surface area (Å²) in [4.78, 5) is 0. The molecular weight excluding hydrogens is 260 g/mol. The Balaban J connectivity index is 2.19. The normalized spacial score (nSPS) is 11.8. The number of benzene rings is 1. The standard InChI is InChI=1S/C14H19ClN4/c1-10-12(15)6-5-7-13(10)19-9-11(17-18-19)8-16-14(2,3)4/h5-7,9,16H,8H2,1-4H3. The van der Waals surface area contributed by atoms with Gasteiger partial charge in [-0.15, -0.1) is 5.10 Å². The van der Waals surface area contributed by atoms with E-state index in [1.54, 1.807) is 4.68 Å². The van der Waals surface area contributed by atoms with Crippen molar-refractivity contribution in [3.8, 4) is 5.69 Å². The lowest BCUT2D eigenvalue weighted by atomic mass is 10.1. The molecule has 0 radical (unpaired) electrons. The maximum Gasteiger partial charge on any atom is 0.0969 e. The molecule has 0 aliphatic carbocycles. The summed E-state index contributed by atoms with van der Waals surface area (Å²) in [7, 11) is 0. The van der Waals surface area contributed by atoms with Gasteiger partial charge >= 0.3 is 0 Å². The van der Waals surface area contributed by atoms with E-state index in [1.165, 1.54) is 0 Å². The van der Waals surface area contributed by atoms with E-state index < -0.39 is 0 Å². The van der Waals surface area contributed by atoms with Gasteiger partial charge in [0.2, 0.25) is 0 Å². The number of nitrogens with zero attached hydrogens (tertiary/aromatic N) is 3. The van der Waals surface area contributed by atoms with Gasteiger partial charge in [0.05, 0.1) is 17.6 Å². The van der Waals surface area contributed by atoms with E-state index in [0.29, 0.717) is 6.54 Å². The van der Waals surface area contributed by atoms with E-state index in [2.05, 4.69) is 36.4 Å². The maximum absolute atomic E-state index is 6.12. The Morgan fingerprint density at radius 2 is 2.05 bits per heavy atom. The van der Waals surface area contributed by atoms with Gasteiger partial charge in [-0.1, -0.05) is 22.9 Å². The second-order valence-electron chi connectivity index (χ2n) is 5.64. The fourth-order valence-corrected chi connectivity index (χ4v) is 1.87. The van der Waals surface area contributed by atoms with Gasteiger partial charge in [-0.25, -0.2) is 4.68 Å². The van der Waals surface area contributed by atoms with Crippen molar-refractivity contribution in [3.05, 3.63) is 40.7 Å². The van der Waals surface area contributed by atoms with Crippen LogP contribution in [0.25, 0.3) is 5.69 Å². The lowest BCUT2D eigenvalue weighted by Crippen LogP contribution is -2.35. The molecule has 4 nitrogen and oxygen atoms in total. The number of aromatic nitrogens is 3. The molecule has 102 valence electrons. The summed E-state index contributed by atoms with van der Waals surface area (Å²) in [6.45, 7) is 9.05. The molecule has 1 aromatic heterocycles. The molecule has 2 rings (SSSR count). The van der Waals surface area contributed by atoms with Crippen LogP contribution in [-0.4, -0.2) is 20.5 Å². The lowest BCUT2D eigenvalue weighted by Gasteiger charge is -2.19. The fourth-order valence-electron chi connectivity index (χ4n) is 1.70. The molecule has 0 spiro atoms. The zero-order valence-electron chi connectivity index (χ0n) is 11.7. The van der Waals surface area contributed by atoms with Crippen molar-refractivity contribution in [1.82, 2.24) is 20.3 Å². The molecule has 0 bridgehead atoms. The Labute approximate surface area is 118 Å². The van der Waals surface area contributed by atoms with Crippen LogP contribution >= 0.6 is 11.6 Å². The van der Waals surface area contributed by atoms with Crippen molar-refractivity contribution in [2.45, 2.75) is 39.8 Å². The predicted octanol–water partition coefficient (Wildman–Crippen LogP) is 3.12. The molecule has 19 heavy (non-hydrogen) atoms. The summed E-state index contributed by atoms with van der Waals surface area (Å²) in [6, 6.07) is 5.77. The first-order valence-corrected chi connectivity index (χ1v) is 6.66. The van der Waals surface area contributed by atoms with Gasteiger partial charge < -0.3 is 5.32 Å². The van der Waals surface area contributed by atoms with Gasteiger partial charge in [-0.2, -0.15) is 0 Å². The molecule has 0 aliphatic rings. The number of hydrogen-bond acceptors (Lipinski definition) is 3. The Hall–Kier alpha value is -1.39. The smallest absolute Gasteiger partial charge is 0.0969 e. The van der Waals surface area contributed by atoms with Crippen molar-refractivity contribution >= 4 is 11.6 Å². The molecule has 5 heteroatoms. The highest BCUT2D eigenvalue weighted by molar-refractivity contribution is 6.31. The summed E-state index contributed by atoms with van der Waals surface area (Å²) in [5.74, 6) is 0. The predicted molar refractivity (Wildman–Crippen MR) is 77.7 cm³/mol. The molecule has 1 N–H and O–H groups in total. The second-order valence-corrected chi connectivity index (χ2v) is 6.05. The Kier molecular flexibility index (Phi) is 3.92. The maximum atomic E-state index is 6.12. The van der Waals surface area contributed by atoms with Crippen molar-refractivity contribution < 1.29 is 0 Å². The molecule has 2 aromatic rings. The van der Waals surface area contributed by atoms with Crippen LogP contribution in [0.3, 0.4) is 0 Å². The summed E-state index contributed by atoms with van der Waals surface area (Å²) in [5.41, 5.74) is 2.94. The Bertz CT molecular complexity index is 569. The SMILES string of the molecule is Cc1c(Cl)cccc1-n1cc(CNC(C)(C)C)nn1. The van der Waals surface area contributed by atoms with Crippen LogP contribution in [-0.2, 0) is 6.54 Å². The number of hydrogen-bond donors (Lipinski definition) is 1. The molecule has 0 amide bonds. The Morgan fingerprint density at radius 3 is 2.74 bits per heavy atom. The van der Waals surface area contributed by atoms with Gasteiger partial charge in [0.25, 0.3) is 0 Å². The highest BCUT2D eigenvalue weighted by Gasteiger charge is 2.11. The molecule has 0 aliphatic heterocycles. The van der Waals surface area contributed by atoms with Crippen molar-refractivity contribution in [3.63, 3.8) is 0 Å². The largest absolute Gasteiger partial charge is 0.306 e. The monoisotopic (exact) mass is 278 g/mol. The summed E-state index contributed by atoms with van der Waals surface area (Å²) < 4.78 is 1.76. The number of nitrogens with one attached hydrogen (secondary N) is 1. The molecule has 0 saturated heterocycles. The zero-order valence-corrected chi connectivity index (χ0v) is 12.5. The Morgan fingerprint density at radius 1 is 1.32 bits per heavy atom. The average Bonchev–Trinajstić information content (AvgIpc) is 2.78. The summed E-state index contributed by atoms with van der Waals surface area (Å²) in [6.07, 6.45) is 1.93. The molecular formula is C14H19ClN4. The van der Waals surface area contributed by atoms with E-state index in [9.17, 15) is 0 Å². The van der Waals surface area contributed by atoms with Crippen LogP contribution in [0.2, 0.25) is 5.02 Å². The third-order valence-corrected chi connectivity index (χ3v) is 3.24. The number of rotatable bonds is 3. The van der Waals surface area contributed by atoms with Crippen molar-refractivity contribution in [2.75, 3.05) is 0 Å². The average molecular weight is 279 g/mol. The van der Waals surface area contributed by atoms with Crippen LogP contribution < -0.4 is 5.32 Å². The van der Waals surface area contributed by atoms with Crippen LogP contribution in [0.1, 0.15) is 32.0 Å². The first-order valence-electron chi connectivity index (χ1n) is 6.28. The topological polar surface area (TPSA) is 42.7 Å². The van der Waals surface area contributed by atoms with Gasteiger partial charge in [-0.05, 0) is 45.4 Å². The lowest BCUT2D eigenvalue weighted by molar-refractivity contribution is 0.421. The van der Waals surface area contributed by atoms with Gasteiger partial charge in [0.1, 0.15) is 0 Å². The third-order valence-electron chi connectivity index (χ3n) is 2.83. The minimum absolute atomic E-state index is 0.0652. The van der Waals surface area contributed by atoms with Gasteiger partial charge in [0.15, 0.2) is 0 Å². The summed E-state index contributed by atoms with van der Waals surface area (Å²) >= 11 is 6.12. The highest BCUT2D eigenvalue weighted by Crippen LogP contribution is 2.21. The zero-order chi connectivity index (χ0) is 14.0. The van der Waals surface area contributed by atoms with Crippen LogP contribution in [0.15, 0.2) is 24.4 Å². The molecule has 0 unspecified atom stereocenters. The molecule has 1 aromatic carbocycles. The van der Waals surface area contributed by atoms with Crippen LogP contribution in [0, 0.1) is 6.92 Å². The first kappa shape index (κ1) is 14.0. The van der Waals surface area contributed by atoms with Crippen molar-refractivity contribution in [1.29, 1.82) is 0 Å². The summed E-state index contributed by atoms with van der Waals surface area (Å²) in [5, 5.41) is 12.5. The minimum atomic E-state index is 0.0652. The second kappa shape index (κ2) is 5.31. The van der Waals surface area contributed by atoms with Crippen LogP contribution in [0.4, 0.5) is 0 Å². The molecule has 0 saturated carbocycles. The molecule has 1 heterocycles. The molecule has 0 fully saturated rings.